The number of hydrogen-bond donors (Lipinski definition) is 3. The maximum Gasteiger partial charge on any atom is 0.416 e. The SMILES string of the molecule is CC(C)C(C(=O)O)N1Cc2ccc(-c3ccc(NC(=O)Nc4ccc(C(F)(F)F)cc4)cc3)cc2C1=O. The molecule has 0 spiro atoms. The van der Waals surface area contributed by atoms with Crippen molar-refractivity contribution in [1.82, 2.24) is 4.90 Å². The van der Waals surface area contributed by atoms with Crippen molar-refractivity contribution in [2.45, 2.75) is 32.6 Å². The summed E-state index contributed by atoms with van der Waals surface area (Å²) in [5.41, 5.74) is 2.62. The zero-order valence-corrected chi connectivity index (χ0v) is 20.0. The summed E-state index contributed by atoms with van der Waals surface area (Å²) >= 11 is 0. The molecule has 4 rings (SSSR count). The number of carboxylic acid groups (broad SMARTS) is 1. The van der Waals surface area contributed by atoms with E-state index in [0.29, 0.717) is 11.3 Å². The third-order valence-corrected chi connectivity index (χ3v) is 6.11. The second kappa shape index (κ2) is 9.96. The number of alkyl halides is 3. The minimum atomic E-state index is -4.46. The Labute approximate surface area is 210 Å². The predicted molar refractivity (Wildman–Crippen MR) is 132 cm³/mol. The van der Waals surface area contributed by atoms with E-state index in [-0.39, 0.29) is 24.1 Å². The molecule has 192 valence electrons. The van der Waals surface area contributed by atoms with Crippen molar-refractivity contribution in [3.05, 3.63) is 83.4 Å². The molecule has 1 aliphatic rings. The minimum absolute atomic E-state index is 0.210. The fourth-order valence-corrected chi connectivity index (χ4v) is 4.29. The molecule has 0 radical (unpaired) electrons. The molecule has 7 nitrogen and oxygen atoms in total. The third kappa shape index (κ3) is 5.58. The van der Waals surface area contributed by atoms with E-state index in [9.17, 15) is 32.7 Å². The molecule has 0 saturated heterocycles. The van der Waals surface area contributed by atoms with Gasteiger partial charge in [0.05, 0.1) is 5.56 Å². The number of fused-ring (bicyclic) bond motifs is 1. The van der Waals surface area contributed by atoms with Crippen LogP contribution in [0.3, 0.4) is 0 Å². The van der Waals surface area contributed by atoms with E-state index in [2.05, 4.69) is 10.6 Å². The van der Waals surface area contributed by atoms with Crippen molar-refractivity contribution in [1.29, 1.82) is 0 Å². The molecule has 3 aromatic carbocycles. The molecule has 0 fully saturated rings. The lowest BCUT2D eigenvalue weighted by Gasteiger charge is -2.27. The van der Waals surface area contributed by atoms with Gasteiger partial charge in [-0.25, -0.2) is 9.59 Å². The molecule has 0 saturated carbocycles. The number of carboxylic acids is 1. The van der Waals surface area contributed by atoms with E-state index in [4.69, 9.17) is 0 Å². The van der Waals surface area contributed by atoms with Crippen molar-refractivity contribution in [2.75, 3.05) is 10.6 Å². The Morgan fingerprint density at radius 1 is 0.892 bits per heavy atom. The van der Waals surface area contributed by atoms with Gasteiger partial charge in [-0.1, -0.05) is 38.1 Å². The van der Waals surface area contributed by atoms with Crippen molar-refractivity contribution in [3.63, 3.8) is 0 Å². The average Bonchev–Trinajstić information content (AvgIpc) is 3.14. The number of anilines is 2. The van der Waals surface area contributed by atoms with Gasteiger partial charge < -0.3 is 20.6 Å². The van der Waals surface area contributed by atoms with Crippen LogP contribution in [0.1, 0.15) is 35.3 Å². The largest absolute Gasteiger partial charge is 0.480 e. The van der Waals surface area contributed by atoms with Crippen LogP contribution in [0.15, 0.2) is 66.7 Å². The molecule has 1 heterocycles. The van der Waals surface area contributed by atoms with E-state index in [1.165, 1.54) is 17.0 Å². The van der Waals surface area contributed by atoms with Gasteiger partial charge in [-0.05, 0) is 65.1 Å². The van der Waals surface area contributed by atoms with Crippen LogP contribution >= 0.6 is 0 Å². The molecule has 3 aromatic rings. The van der Waals surface area contributed by atoms with Crippen LogP contribution in [-0.4, -0.2) is 34.0 Å². The maximum absolute atomic E-state index is 13.0. The van der Waals surface area contributed by atoms with Crippen LogP contribution in [0.2, 0.25) is 0 Å². The lowest BCUT2D eigenvalue weighted by molar-refractivity contribution is -0.144. The maximum atomic E-state index is 13.0. The van der Waals surface area contributed by atoms with E-state index < -0.39 is 29.8 Å². The monoisotopic (exact) mass is 511 g/mol. The first-order valence-electron chi connectivity index (χ1n) is 11.5. The number of benzene rings is 3. The van der Waals surface area contributed by atoms with Crippen LogP contribution in [0, 0.1) is 5.92 Å². The fraction of sp³-hybridized carbons (Fsp3) is 0.222. The van der Waals surface area contributed by atoms with Crippen LogP contribution in [-0.2, 0) is 17.5 Å². The van der Waals surface area contributed by atoms with Crippen molar-refractivity contribution in [3.8, 4) is 11.1 Å². The molecule has 1 unspecified atom stereocenters. The van der Waals surface area contributed by atoms with Crippen molar-refractivity contribution in [2.24, 2.45) is 5.92 Å². The molecule has 3 amide bonds. The fourth-order valence-electron chi connectivity index (χ4n) is 4.29. The second-order valence-corrected chi connectivity index (χ2v) is 9.06. The summed E-state index contributed by atoms with van der Waals surface area (Å²) in [6.45, 7) is 3.76. The van der Waals surface area contributed by atoms with Crippen LogP contribution in [0.4, 0.5) is 29.3 Å². The normalized spacial score (nSPS) is 13.9. The van der Waals surface area contributed by atoms with Crippen molar-refractivity contribution >= 4 is 29.3 Å². The number of rotatable bonds is 6. The van der Waals surface area contributed by atoms with Gasteiger partial charge in [-0.2, -0.15) is 13.2 Å². The number of nitrogens with one attached hydrogen (secondary N) is 2. The lowest BCUT2D eigenvalue weighted by atomic mass is 10.00. The molecular weight excluding hydrogens is 487 g/mol. The Hall–Kier alpha value is -4.34. The number of aliphatic carboxylic acids is 1. The zero-order valence-electron chi connectivity index (χ0n) is 20.0. The minimum Gasteiger partial charge on any atom is -0.480 e. The summed E-state index contributed by atoms with van der Waals surface area (Å²) in [6.07, 6.45) is -4.46. The number of hydrogen-bond acceptors (Lipinski definition) is 3. The van der Waals surface area contributed by atoms with Crippen molar-refractivity contribution < 1.29 is 32.7 Å². The highest BCUT2D eigenvalue weighted by molar-refractivity contribution is 6.02. The van der Waals surface area contributed by atoms with Gasteiger partial charge in [-0.3, -0.25) is 4.79 Å². The number of halogens is 3. The van der Waals surface area contributed by atoms with E-state index in [1.807, 2.05) is 12.1 Å². The Balaban J connectivity index is 1.43. The molecule has 1 aliphatic heterocycles. The average molecular weight is 512 g/mol. The van der Waals surface area contributed by atoms with E-state index >= 15 is 0 Å². The first-order chi connectivity index (χ1) is 17.4. The number of amides is 3. The molecule has 0 bridgehead atoms. The van der Waals surface area contributed by atoms with Gasteiger partial charge in [0.15, 0.2) is 0 Å². The Kier molecular flexibility index (Phi) is 6.93. The van der Waals surface area contributed by atoms with E-state index in [0.717, 1.165) is 28.8 Å². The molecule has 10 heteroatoms. The molecule has 37 heavy (non-hydrogen) atoms. The zero-order chi connectivity index (χ0) is 26.9. The van der Waals surface area contributed by atoms with Gasteiger partial charge in [0.1, 0.15) is 6.04 Å². The summed E-state index contributed by atoms with van der Waals surface area (Å²) in [7, 11) is 0. The van der Waals surface area contributed by atoms with Gasteiger partial charge in [-0.15, -0.1) is 0 Å². The quantitative estimate of drug-likeness (QED) is 0.374. The smallest absolute Gasteiger partial charge is 0.416 e. The number of urea groups is 1. The number of carbonyl (C=O) groups excluding carboxylic acids is 2. The molecular formula is C27H24F3N3O4. The summed E-state index contributed by atoms with van der Waals surface area (Å²) in [4.78, 5) is 38.3. The Morgan fingerprint density at radius 2 is 1.43 bits per heavy atom. The summed E-state index contributed by atoms with van der Waals surface area (Å²) in [5, 5.41) is 14.7. The molecule has 0 aromatic heterocycles. The van der Waals surface area contributed by atoms with Gasteiger partial charge in [0.2, 0.25) is 0 Å². The number of nitrogens with zero attached hydrogens (tertiary/aromatic N) is 1. The van der Waals surface area contributed by atoms with Crippen LogP contribution < -0.4 is 10.6 Å². The molecule has 1 atom stereocenters. The predicted octanol–water partition coefficient (Wildman–Crippen LogP) is 6.08. The van der Waals surface area contributed by atoms with Crippen LogP contribution in [0.25, 0.3) is 11.1 Å². The lowest BCUT2D eigenvalue weighted by Crippen LogP contribution is -2.44. The van der Waals surface area contributed by atoms with Gasteiger partial charge in [0, 0.05) is 23.5 Å². The highest BCUT2D eigenvalue weighted by Gasteiger charge is 2.38. The molecule has 3 N–H and O–H groups in total. The first-order valence-corrected chi connectivity index (χ1v) is 11.5. The van der Waals surface area contributed by atoms with E-state index in [1.54, 1.807) is 44.2 Å². The van der Waals surface area contributed by atoms with Gasteiger partial charge >= 0.3 is 18.2 Å². The highest BCUT2D eigenvalue weighted by atomic mass is 19.4. The Morgan fingerprint density at radius 3 is 1.95 bits per heavy atom. The second-order valence-electron chi connectivity index (χ2n) is 9.06. The summed E-state index contributed by atoms with van der Waals surface area (Å²) in [5.74, 6) is -1.61. The topological polar surface area (TPSA) is 98.7 Å². The number of carbonyl (C=O) groups is 3. The van der Waals surface area contributed by atoms with Crippen LogP contribution in [0.5, 0.6) is 0 Å². The van der Waals surface area contributed by atoms with Gasteiger partial charge in [0.25, 0.3) is 5.91 Å². The molecule has 0 aliphatic carbocycles. The standard InChI is InChI=1S/C27H24F3N3O4/c1-15(2)23(25(35)36)33-14-18-4-3-17(13-22(18)24(33)34)16-5-9-20(10-6-16)31-26(37)32-21-11-7-19(8-12-21)27(28,29)30/h3-13,15,23H,14H2,1-2H3,(H,35,36)(H2,31,32,37). The summed E-state index contributed by atoms with van der Waals surface area (Å²) in [6, 6.07) is 14.8. The highest BCUT2D eigenvalue weighted by Crippen LogP contribution is 2.32. The first kappa shape index (κ1) is 25.7. The summed E-state index contributed by atoms with van der Waals surface area (Å²) < 4.78 is 38.0. The Bertz CT molecular complexity index is 1340. The third-order valence-electron chi connectivity index (χ3n) is 6.11.